The Kier molecular flexibility index (Phi) is 2.66. The maximum absolute atomic E-state index is 5.11. The SMILES string of the molecule is C/C(Cc1ccccc1)=N/N. The van der Waals surface area contributed by atoms with Crippen molar-refractivity contribution in [3.63, 3.8) is 0 Å². The van der Waals surface area contributed by atoms with Crippen molar-refractivity contribution in [2.24, 2.45) is 10.9 Å². The molecule has 0 radical (unpaired) electrons. The van der Waals surface area contributed by atoms with Gasteiger partial charge in [0.05, 0.1) is 0 Å². The lowest BCUT2D eigenvalue weighted by Crippen LogP contribution is -2.00. The highest BCUT2D eigenvalue weighted by Gasteiger charge is 1.92. The molecule has 0 spiro atoms. The summed E-state index contributed by atoms with van der Waals surface area (Å²) < 4.78 is 0. The van der Waals surface area contributed by atoms with Gasteiger partial charge in [0, 0.05) is 12.1 Å². The van der Waals surface area contributed by atoms with Crippen LogP contribution in [0.3, 0.4) is 0 Å². The molecule has 2 N–H and O–H groups in total. The maximum Gasteiger partial charge on any atom is 0.0388 e. The average molecular weight is 148 g/mol. The molecule has 58 valence electrons. The zero-order valence-electron chi connectivity index (χ0n) is 6.62. The molecule has 0 aliphatic heterocycles. The van der Waals surface area contributed by atoms with Crippen LogP contribution in [0.4, 0.5) is 0 Å². The van der Waals surface area contributed by atoms with Crippen molar-refractivity contribution in [1.29, 1.82) is 0 Å². The van der Waals surface area contributed by atoms with E-state index in [9.17, 15) is 0 Å². The molecule has 0 aromatic heterocycles. The van der Waals surface area contributed by atoms with Crippen molar-refractivity contribution in [2.45, 2.75) is 13.3 Å². The van der Waals surface area contributed by atoms with E-state index in [0.717, 1.165) is 12.1 Å². The third-order valence-electron chi connectivity index (χ3n) is 1.52. The second-order valence-electron chi connectivity index (χ2n) is 2.53. The Morgan fingerprint density at radius 3 is 2.55 bits per heavy atom. The Bertz CT molecular complexity index is 239. The van der Waals surface area contributed by atoms with Gasteiger partial charge in [-0.15, -0.1) is 0 Å². The summed E-state index contributed by atoms with van der Waals surface area (Å²) in [6, 6.07) is 10.2. The Labute approximate surface area is 66.7 Å². The first kappa shape index (κ1) is 7.79. The Morgan fingerprint density at radius 1 is 1.36 bits per heavy atom. The van der Waals surface area contributed by atoms with Crippen LogP contribution in [0.2, 0.25) is 0 Å². The normalized spacial score (nSPS) is 11.5. The molecule has 1 aromatic rings. The smallest absolute Gasteiger partial charge is 0.0388 e. The molecule has 2 heteroatoms. The first-order valence-electron chi connectivity index (χ1n) is 3.60. The number of rotatable bonds is 2. The Balaban J connectivity index is 2.65. The molecular formula is C9H12N2. The van der Waals surface area contributed by atoms with E-state index < -0.39 is 0 Å². The summed E-state index contributed by atoms with van der Waals surface area (Å²) in [5, 5.41) is 3.60. The largest absolute Gasteiger partial charge is 0.323 e. The van der Waals surface area contributed by atoms with Gasteiger partial charge >= 0.3 is 0 Å². The summed E-state index contributed by atoms with van der Waals surface area (Å²) in [7, 11) is 0. The van der Waals surface area contributed by atoms with Crippen LogP contribution in [0.25, 0.3) is 0 Å². The lowest BCUT2D eigenvalue weighted by atomic mass is 10.1. The zero-order valence-corrected chi connectivity index (χ0v) is 6.62. The van der Waals surface area contributed by atoms with Crippen molar-refractivity contribution >= 4 is 5.71 Å². The third kappa shape index (κ3) is 2.42. The number of nitrogens with zero attached hydrogens (tertiary/aromatic N) is 1. The summed E-state index contributed by atoms with van der Waals surface area (Å²) in [6.45, 7) is 1.92. The van der Waals surface area contributed by atoms with Crippen molar-refractivity contribution in [2.75, 3.05) is 0 Å². The molecule has 0 heterocycles. The number of nitrogens with two attached hydrogens (primary N) is 1. The molecule has 0 saturated carbocycles. The molecule has 0 fully saturated rings. The molecule has 0 bridgehead atoms. The lowest BCUT2D eigenvalue weighted by Gasteiger charge is -1.97. The fourth-order valence-electron chi connectivity index (χ4n) is 0.937. The molecule has 0 aliphatic carbocycles. The molecule has 0 amide bonds. The van der Waals surface area contributed by atoms with Gasteiger partial charge in [-0.1, -0.05) is 30.3 Å². The van der Waals surface area contributed by atoms with Gasteiger partial charge in [-0.25, -0.2) is 0 Å². The average Bonchev–Trinajstić information content (AvgIpc) is 2.06. The van der Waals surface area contributed by atoms with Crippen LogP contribution in [-0.4, -0.2) is 5.71 Å². The fraction of sp³-hybridized carbons (Fsp3) is 0.222. The molecule has 0 aliphatic rings. The van der Waals surface area contributed by atoms with E-state index in [1.165, 1.54) is 5.56 Å². The molecule has 0 saturated heterocycles. The summed E-state index contributed by atoms with van der Waals surface area (Å²) in [5.41, 5.74) is 2.20. The summed E-state index contributed by atoms with van der Waals surface area (Å²) in [4.78, 5) is 0. The van der Waals surface area contributed by atoms with E-state index in [2.05, 4.69) is 17.2 Å². The predicted octanol–water partition coefficient (Wildman–Crippen LogP) is 1.56. The maximum atomic E-state index is 5.11. The summed E-state index contributed by atoms with van der Waals surface area (Å²) >= 11 is 0. The molecule has 1 aromatic carbocycles. The second-order valence-corrected chi connectivity index (χ2v) is 2.53. The first-order chi connectivity index (χ1) is 5.33. The van der Waals surface area contributed by atoms with E-state index in [-0.39, 0.29) is 0 Å². The van der Waals surface area contributed by atoms with Gasteiger partial charge in [0.1, 0.15) is 0 Å². The van der Waals surface area contributed by atoms with E-state index >= 15 is 0 Å². The van der Waals surface area contributed by atoms with Gasteiger partial charge in [-0.3, -0.25) is 0 Å². The van der Waals surface area contributed by atoms with Crippen molar-refractivity contribution in [3.8, 4) is 0 Å². The van der Waals surface area contributed by atoms with Gasteiger partial charge < -0.3 is 5.84 Å². The minimum Gasteiger partial charge on any atom is -0.323 e. The van der Waals surface area contributed by atoms with Crippen LogP contribution in [0, 0.1) is 0 Å². The van der Waals surface area contributed by atoms with Crippen molar-refractivity contribution in [1.82, 2.24) is 0 Å². The van der Waals surface area contributed by atoms with Gasteiger partial charge in [0.25, 0.3) is 0 Å². The molecule has 0 unspecified atom stereocenters. The van der Waals surface area contributed by atoms with E-state index in [0.29, 0.717) is 0 Å². The topological polar surface area (TPSA) is 38.4 Å². The molecule has 2 nitrogen and oxygen atoms in total. The van der Waals surface area contributed by atoms with Crippen LogP contribution in [0.15, 0.2) is 35.4 Å². The number of hydrogen-bond acceptors (Lipinski definition) is 2. The quantitative estimate of drug-likeness (QED) is 0.386. The van der Waals surface area contributed by atoms with Crippen LogP contribution < -0.4 is 5.84 Å². The van der Waals surface area contributed by atoms with E-state index in [1.54, 1.807) is 0 Å². The van der Waals surface area contributed by atoms with Gasteiger partial charge in [-0.05, 0) is 12.5 Å². The Morgan fingerprint density at radius 2 is 2.00 bits per heavy atom. The van der Waals surface area contributed by atoms with Gasteiger partial charge in [-0.2, -0.15) is 5.10 Å². The molecular weight excluding hydrogens is 136 g/mol. The number of benzene rings is 1. The molecule has 11 heavy (non-hydrogen) atoms. The van der Waals surface area contributed by atoms with Gasteiger partial charge in [0.15, 0.2) is 0 Å². The highest BCUT2D eigenvalue weighted by Crippen LogP contribution is 1.99. The predicted molar refractivity (Wildman–Crippen MR) is 47.4 cm³/mol. The first-order valence-corrected chi connectivity index (χ1v) is 3.60. The zero-order chi connectivity index (χ0) is 8.10. The summed E-state index contributed by atoms with van der Waals surface area (Å²) in [6.07, 6.45) is 0.845. The van der Waals surface area contributed by atoms with Gasteiger partial charge in [0.2, 0.25) is 0 Å². The van der Waals surface area contributed by atoms with E-state index in [4.69, 9.17) is 5.84 Å². The highest BCUT2D eigenvalue weighted by atomic mass is 15.1. The van der Waals surface area contributed by atoms with Crippen molar-refractivity contribution < 1.29 is 0 Å². The number of hydrogen-bond donors (Lipinski definition) is 1. The number of hydrazone groups is 1. The minimum absolute atomic E-state index is 0.845. The highest BCUT2D eigenvalue weighted by molar-refractivity contribution is 5.83. The van der Waals surface area contributed by atoms with Crippen molar-refractivity contribution in [3.05, 3.63) is 35.9 Å². The molecule has 0 atom stereocenters. The second kappa shape index (κ2) is 3.76. The molecule has 1 rings (SSSR count). The monoisotopic (exact) mass is 148 g/mol. The third-order valence-corrected chi connectivity index (χ3v) is 1.52. The minimum atomic E-state index is 0.845. The van der Waals surface area contributed by atoms with Crippen LogP contribution in [0.1, 0.15) is 12.5 Å². The Hall–Kier alpha value is -1.31. The van der Waals surface area contributed by atoms with Crippen LogP contribution in [0.5, 0.6) is 0 Å². The standard InChI is InChI=1S/C9H12N2/c1-8(11-10)7-9-5-3-2-4-6-9/h2-6H,7,10H2,1H3/b11-8-. The lowest BCUT2D eigenvalue weighted by molar-refractivity contribution is 1.18. The van der Waals surface area contributed by atoms with Crippen LogP contribution in [-0.2, 0) is 6.42 Å². The van der Waals surface area contributed by atoms with Crippen LogP contribution >= 0.6 is 0 Å². The van der Waals surface area contributed by atoms with E-state index in [1.807, 2.05) is 25.1 Å². The summed E-state index contributed by atoms with van der Waals surface area (Å²) in [5.74, 6) is 5.11. The fourth-order valence-corrected chi connectivity index (χ4v) is 0.937.